The van der Waals surface area contributed by atoms with E-state index in [4.69, 9.17) is 5.73 Å². The lowest BCUT2D eigenvalue weighted by atomic mass is 9.83. The molecule has 3 heteroatoms. The van der Waals surface area contributed by atoms with Crippen molar-refractivity contribution in [2.45, 2.75) is 18.9 Å². The first-order valence-corrected chi connectivity index (χ1v) is 22.2. The van der Waals surface area contributed by atoms with E-state index >= 15 is 0 Å². The maximum absolute atomic E-state index is 7.16. The van der Waals surface area contributed by atoms with Crippen LogP contribution in [0.25, 0.3) is 87.6 Å². The van der Waals surface area contributed by atoms with Crippen LogP contribution in [0.15, 0.2) is 237 Å². The predicted molar refractivity (Wildman–Crippen MR) is 271 cm³/mol. The molecule has 3 nitrogen and oxygen atoms in total. The van der Waals surface area contributed by atoms with Crippen molar-refractivity contribution >= 4 is 43.1 Å². The summed E-state index contributed by atoms with van der Waals surface area (Å²) in [6.45, 7) is 0.652. The number of nitrogens with one attached hydrogen (secondary N) is 2. The first-order chi connectivity index (χ1) is 31.7. The van der Waals surface area contributed by atoms with Crippen LogP contribution in [0.3, 0.4) is 0 Å². The van der Waals surface area contributed by atoms with Gasteiger partial charge in [0.15, 0.2) is 0 Å². The van der Waals surface area contributed by atoms with E-state index in [1.54, 1.807) is 0 Å². The van der Waals surface area contributed by atoms with Crippen molar-refractivity contribution in [3.63, 3.8) is 0 Å². The van der Waals surface area contributed by atoms with Crippen molar-refractivity contribution in [2.75, 3.05) is 0 Å². The molecule has 0 radical (unpaired) electrons. The molecule has 0 spiro atoms. The molecule has 0 aliphatic heterocycles. The number of benzene rings is 11. The van der Waals surface area contributed by atoms with Crippen molar-refractivity contribution in [1.82, 2.24) is 10.6 Å². The van der Waals surface area contributed by atoms with Crippen molar-refractivity contribution < 1.29 is 0 Å². The average Bonchev–Trinajstić information content (AvgIpc) is 3.37. The Bertz CT molecular complexity index is 3410. The number of hydrogen-bond acceptors (Lipinski definition) is 3. The Hall–Kier alpha value is -7.66. The zero-order valence-electron chi connectivity index (χ0n) is 35.5. The second-order valence-electron chi connectivity index (χ2n) is 16.7. The first kappa shape index (κ1) is 39.2. The number of rotatable bonds is 11. The lowest BCUT2D eigenvalue weighted by Crippen LogP contribution is -2.40. The third-order valence-corrected chi connectivity index (χ3v) is 12.8. The van der Waals surface area contributed by atoms with E-state index in [1.165, 1.54) is 82.0 Å². The highest BCUT2D eigenvalue weighted by atomic mass is 15.2. The van der Waals surface area contributed by atoms with Crippen LogP contribution < -0.4 is 16.4 Å². The van der Waals surface area contributed by atoms with Gasteiger partial charge in [0.05, 0.1) is 12.3 Å². The van der Waals surface area contributed by atoms with Crippen LogP contribution in [-0.4, -0.2) is 0 Å². The number of nitrogens with two attached hydrogens (primary N) is 1. The van der Waals surface area contributed by atoms with E-state index in [-0.39, 0.29) is 6.17 Å². The normalized spacial score (nSPS) is 12.5. The molecule has 11 aromatic carbocycles. The summed E-state index contributed by atoms with van der Waals surface area (Å²) >= 11 is 0. The van der Waals surface area contributed by atoms with Crippen molar-refractivity contribution in [3.05, 3.63) is 253 Å². The summed E-state index contributed by atoms with van der Waals surface area (Å²) in [6.07, 6.45) is -0.706. The summed E-state index contributed by atoms with van der Waals surface area (Å²) < 4.78 is 0. The van der Waals surface area contributed by atoms with Crippen LogP contribution in [0, 0.1) is 0 Å². The molecule has 2 atom stereocenters. The predicted octanol–water partition coefficient (Wildman–Crippen LogP) is 15.0. The van der Waals surface area contributed by atoms with Crippen LogP contribution in [0.4, 0.5) is 0 Å². The molecule has 0 aliphatic rings. The highest BCUT2D eigenvalue weighted by molar-refractivity contribution is 6.28. The smallest absolute Gasteiger partial charge is 0.0852 e. The van der Waals surface area contributed by atoms with E-state index in [0.717, 1.165) is 22.3 Å². The highest BCUT2D eigenvalue weighted by Crippen LogP contribution is 2.46. The lowest BCUT2D eigenvalue weighted by Gasteiger charge is -2.27. The number of hydrogen-bond donors (Lipinski definition) is 3. The van der Waals surface area contributed by atoms with Crippen LogP contribution >= 0.6 is 0 Å². The van der Waals surface area contributed by atoms with Gasteiger partial charge in [-0.15, -0.1) is 0 Å². The highest BCUT2D eigenvalue weighted by Gasteiger charge is 2.22. The van der Waals surface area contributed by atoms with Gasteiger partial charge in [-0.1, -0.05) is 231 Å². The standard InChI is InChI=1S/C61H47N3/c62-60(55-26-14-11-22-51(55)45-18-5-2-6-19-45)64-61(63-40-41-27-29-44(30-28-41)42-15-3-1-4-16-42)48-34-32-47(33-35-48)58-54-25-13-12-24-53(54)57(50-36-31-43-17-7-8-21-49(43)39-50)56-38-37-46-20-9-10-23-52(46)59(56)58/h1-39,60-61,63-64H,40,62H2. The van der Waals surface area contributed by atoms with Crippen LogP contribution in [0.5, 0.6) is 0 Å². The monoisotopic (exact) mass is 821 g/mol. The first-order valence-electron chi connectivity index (χ1n) is 22.2. The molecule has 0 saturated heterocycles. The molecular weight excluding hydrogens is 775 g/mol. The van der Waals surface area contributed by atoms with Gasteiger partial charge in [0.25, 0.3) is 0 Å². The van der Waals surface area contributed by atoms with Crippen LogP contribution in [-0.2, 0) is 6.54 Å². The van der Waals surface area contributed by atoms with Gasteiger partial charge in [-0.2, -0.15) is 0 Å². The Morgan fingerprint density at radius 1 is 0.375 bits per heavy atom. The molecule has 11 rings (SSSR count). The average molecular weight is 822 g/mol. The van der Waals surface area contributed by atoms with Gasteiger partial charge in [-0.25, -0.2) is 0 Å². The maximum atomic E-state index is 7.16. The molecule has 0 heterocycles. The molecular formula is C61H47N3. The molecule has 11 aromatic rings. The Labute approximate surface area is 374 Å². The van der Waals surface area contributed by atoms with Gasteiger partial charge in [0.2, 0.25) is 0 Å². The summed E-state index contributed by atoms with van der Waals surface area (Å²) in [5.41, 5.74) is 20.1. The molecule has 0 aromatic heterocycles. The van der Waals surface area contributed by atoms with Crippen molar-refractivity contribution in [1.29, 1.82) is 0 Å². The molecule has 2 unspecified atom stereocenters. The van der Waals surface area contributed by atoms with Gasteiger partial charge >= 0.3 is 0 Å². The van der Waals surface area contributed by atoms with E-state index < -0.39 is 6.17 Å². The van der Waals surface area contributed by atoms with Gasteiger partial charge < -0.3 is 5.73 Å². The molecule has 0 bridgehead atoms. The molecule has 0 fully saturated rings. The van der Waals surface area contributed by atoms with Gasteiger partial charge in [-0.3, -0.25) is 10.6 Å². The molecule has 306 valence electrons. The SMILES string of the molecule is NC(NC(NCc1ccc(-c2ccccc2)cc1)c1ccc(-c2c3ccccc3c(-c3ccc4ccccc4c3)c3ccc4ccccc4c23)cc1)c1ccccc1-c1ccccc1. The van der Waals surface area contributed by atoms with Crippen molar-refractivity contribution in [3.8, 4) is 44.5 Å². The topological polar surface area (TPSA) is 50.1 Å². The van der Waals surface area contributed by atoms with Gasteiger partial charge in [0.1, 0.15) is 0 Å². The summed E-state index contributed by atoms with van der Waals surface area (Å²) in [7, 11) is 0. The fraction of sp³-hybridized carbons (Fsp3) is 0.0492. The lowest BCUT2D eigenvalue weighted by molar-refractivity contribution is 0.386. The quantitative estimate of drug-likeness (QED) is 0.0692. The van der Waals surface area contributed by atoms with Crippen molar-refractivity contribution in [2.24, 2.45) is 5.73 Å². The minimum absolute atomic E-state index is 0.258. The minimum Gasteiger partial charge on any atom is -0.312 e. The molecule has 4 N–H and O–H groups in total. The van der Waals surface area contributed by atoms with Gasteiger partial charge in [-0.05, 0) is 110 Å². The summed E-state index contributed by atoms with van der Waals surface area (Å²) in [5, 5.41) is 17.6. The van der Waals surface area contributed by atoms with E-state index in [0.29, 0.717) is 6.54 Å². The zero-order chi connectivity index (χ0) is 42.8. The number of fused-ring (bicyclic) bond motifs is 5. The van der Waals surface area contributed by atoms with E-state index in [1.807, 2.05) is 6.07 Å². The third kappa shape index (κ3) is 7.52. The molecule has 0 saturated carbocycles. The molecule has 64 heavy (non-hydrogen) atoms. The summed E-state index contributed by atoms with van der Waals surface area (Å²) in [6, 6.07) is 85.2. The minimum atomic E-state index is -0.448. The van der Waals surface area contributed by atoms with Crippen LogP contribution in [0.1, 0.15) is 29.0 Å². The molecule has 0 aliphatic carbocycles. The summed E-state index contributed by atoms with van der Waals surface area (Å²) in [5.74, 6) is 0. The Balaban J connectivity index is 1.01. The molecule has 0 amide bonds. The second-order valence-corrected chi connectivity index (χ2v) is 16.7. The summed E-state index contributed by atoms with van der Waals surface area (Å²) in [4.78, 5) is 0. The second kappa shape index (κ2) is 17.2. The Kier molecular flexibility index (Phi) is 10.6. The maximum Gasteiger partial charge on any atom is 0.0852 e. The third-order valence-electron chi connectivity index (χ3n) is 12.8. The Morgan fingerprint density at radius 2 is 0.922 bits per heavy atom. The largest absolute Gasteiger partial charge is 0.312 e. The zero-order valence-corrected chi connectivity index (χ0v) is 35.5. The fourth-order valence-electron chi connectivity index (χ4n) is 9.60. The fourth-order valence-corrected chi connectivity index (χ4v) is 9.60. The van der Waals surface area contributed by atoms with E-state index in [9.17, 15) is 0 Å². The van der Waals surface area contributed by atoms with Gasteiger partial charge in [0, 0.05) is 6.54 Å². The van der Waals surface area contributed by atoms with E-state index in [2.05, 4.69) is 241 Å². The Morgan fingerprint density at radius 3 is 1.67 bits per heavy atom. The van der Waals surface area contributed by atoms with Crippen LogP contribution in [0.2, 0.25) is 0 Å².